The fourth-order valence-electron chi connectivity index (χ4n) is 2.26. The lowest BCUT2D eigenvalue weighted by molar-refractivity contribution is -0.0753. The molecule has 0 saturated carbocycles. The maximum Gasteiger partial charge on any atom is 0.158 e. The van der Waals surface area contributed by atoms with Gasteiger partial charge in [0.25, 0.3) is 0 Å². The molecule has 3 heteroatoms. The van der Waals surface area contributed by atoms with Crippen LogP contribution in [-0.2, 0) is 14.2 Å². The first-order chi connectivity index (χ1) is 8.86. The highest BCUT2D eigenvalue weighted by Crippen LogP contribution is 2.18. The number of ether oxygens (including phenoxy) is 3. The monoisotopic (exact) mass is 258 g/mol. The summed E-state index contributed by atoms with van der Waals surface area (Å²) in [5.41, 5.74) is 0. The van der Waals surface area contributed by atoms with Crippen LogP contribution in [0.3, 0.4) is 0 Å². The van der Waals surface area contributed by atoms with Crippen molar-refractivity contribution in [2.75, 3.05) is 19.8 Å². The van der Waals surface area contributed by atoms with Crippen molar-refractivity contribution < 1.29 is 14.2 Å². The maximum atomic E-state index is 5.76. The molecule has 108 valence electrons. The highest BCUT2D eigenvalue weighted by atomic mass is 16.7. The van der Waals surface area contributed by atoms with Crippen LogP contribution in [0.25, 0.3) is 0 Å². The Morgan fingerprint density at radius 2 is 1.72 bits per heavy atom. The van der Waals surface area contributed by atoms with Crippen molar-refractivity contribution in [3.63, 3.8) is 0 Å². The molecule has 1 aliphatic heterocycles. The summed E-state index contributed by atoms with van der Waals surface area (Å²) < 4.78 is 16.7. The van der Waals surface area contributed by atoms with Gasteiger partial charge in [-0.05, 0) is 19.8 Å². The van der Waals surface area contributed by atoms with Gasteiger partial charge in [-0.15, -0.1) is 0 Å². The largest absolute Gasteiger partial charge is 0.379 e. The lowest BCUT2D eigenvalue weighted by Crippen LogP contribution is -2.18. The predicted molar refractivity (Wildman–Crippen MR) is 73.7 cm³/mol. The second-order valence-electron chi connectivity index (χ2n) is 5.09. The fraction of sp³-hybridized carbons (Fsp3) is 1.00. The lowest BCUT2D eigenvalue weighted by Gasteiger charge is -2.11. The summed E-state index contributed by atoms with van der Waals surface area (Å²) in [7, 11) is 0. The summed E-state index contributed by atoms with van der Waals surface area (Å²) in [6.45, 7) is 6.38. The summed E-state index contributed by atoms with van der Waals surface area (Å²) >= 11 is 0. The molecule has 0 aromatic heterocycles. The zero-order valence-corrected chi connectivity index (χ0v) is 12.2. The van der Waals surface area contributed by atoms with Crippen LogP contribution in [0.15, 0.2) is 0 Å². The van der Waals surface area contributed by atoms with Crippen LogP contribution in [0.4, 0.5) is 0 Å². The standard InChI is InChI=1S/C15H30O3/c1-3-5-6-7-8-9-10-11-15-17-13-14(18-15)12-16-4-2/h14-15H,3-13H2,1-2H3. The normalized spacial score (nSPS) is 23.7. The fourth-order valence-corrected chi connectivity index (χ4v) is 2.26. The van der Waals surface area contributed by atoms with Crippen molar-refractivity contribution in [1.29, 1.82) is 0 Å². The van der Waals surface area contributed by atoms with Gasteiger partial charge in [0, 0.05) is 6.61 Å². The zero-order valence-electron chi connectivity index (χ0n) is 12.2. The molecule has 0 bridgehead atoms. The van der Waals surface area contributed by atoms with E-state index < -0.39 is 0 Å². The van der Waals surface area contributed by atoms with Crippen LogP contribution < -0.4 is 0 Å². The second-order valence-corrected chi connectivity index (χ2v) is 5.09. The molecule has 18 heavy (non-hydrogen) atoms. The molecule has 1 saturated heterocycles. The minimum Gasteiger partial charge on any atom is -0.379 e. The molecule has 0 aromatic rings. The van der Waals surface area contributed by atoms with Crippen LogP contribution in [0.5, 0.6) is 0 Å². The molecule has 1 rings (SSSR count). The third kappa shape index (κ3) is 7.34. The van der Waals surface area contributed by atoms with E-state index in [1.807, 2.05) is 6.92 Å². The lowest BCUT2D eigenvalue weighted by atomic mass is 10.1. The van der Waals surface area contributed by atoms with Crippen molar-refractivity contribution in [1.82, 2.24) is 0 Å². The molecule has 0 aliphatic carbocycles. The molecule has 2 atom stereocenters. The van der Waals surface area contributed by atoms with Gasteiger partial charge in [-0.3, -0.25) is 0 Å². The van der Waals surface area contributed by atoms with Crippen molar-refractivity contribution in [3.8, 4) is 0 Å². The Labute approximate surface area is 112 Å². The number of hydrogen-bond donors (Lipinski definition) is 0. The van der Waals surface area contributed by atoms with Gasteiger partial charge in [0.1, 0.15) is 6.10 Å². The van der Waals surface area contributed by atoms with Gasteiger partial charge in [0.05, 0.1) is 13.2 Å². The SMILES string of the molecule is CCCCCCCCCC1OCC(COCC)O1. The van der Waals surface area contributed by atoms with Gasteiger partial charge in [-0.2, -0.15) is 0 Å². The molecule has 3 nitrogen and oxygen atoms in total. The van der Waals surface area contributed by atoms with E-state index >= 15 is 0 Å². The minimum atomic E-state index is 0.0195. The van der Waals surface area contributed by atoms with Crippen molar-refractivity contribution >= 4 is 0 Å². The summed E-state index contributed by atoms with van der Waals surface area (Å²) in [6.07, 6.45) is 10.6. The number of rotatable bonds is 11. The maximum absolute atomic E-state index is 5.76. The molecule has 1 aliphatic rings. The van der Waals surface area contributed by atoms with E-state index in [0.717, 1.165) is 13.0 Å². The van der Waals surface area contributed by atoms with Crippen molar-refractivity contribution in [3.05, 3.63) is 0 Å². The highest BCUT2D eigenvalue weighted by Gasteiger charge is 2.25. The van der Waals surface area contributed by atoms with Gasteiger partial charge >= 0.3 is 0 Å². The second kappa shape index (κ2) is 10.8. The molecule has 0 N–H and O–H groups in total. The van der Waals surface area contributed by atoms with Gasteiger partial charge in [0.15, 0.2) is 6.29 Å². The molecular weight excluding hydrogens is 228 g/mol. The van der Waals surface area contributed by atoms with E-state index in [1.54, 1.807) is 0 Å². The summed E-state index contributed by atoms with van der Waals surface area (Å²) in [5.74, 6) is 0. The molecule has 0 amide bonds. The van der Waals surface area contributed by atoms with E-state index in [1.165, 1.54) is 44.9 Å². The molecule has 0 spiro atoms. The molecule has 1 fully saturated rings. The van der Waals surface area contributed by atoms with Crippen molar-refractivity contribution in [2.24, 2.45) is 0 Å². The Bertz CT molecular complexity index is 185. The van der Waals surface area contributed by atoms with E-state index in [4.69, 9.17) is 14.2 Å². The summed E-state index contributed by atoms with van der Waals surface area (Å²) in [6, 6.07) is 0. The van der Waals surface area contributed by atoms with Gasteiger partial charge in [-0.1, -0.05) is 45.4 Å². The minimum absolute atomic E-state index is 0.0195. The van der Waals surface area contributed by atoms with E-state index in [0.29, 0.717) is 13.2 Å². The first-order valence-electron chi connectivity index (χ1n) is 7.71. The first kappa shape index (κ1) is 15.9. The third-order valence-electron chi connectivity index (χ3n) is 3.36. The summed E-state index contributed by atoms with van der Waals surface area (Å²) in [5, 5.41) is 0. The number of hydrogen-bond acceptors (Lipinski definition) is 3. The van der Waals surface area contributed by atoms with E-state index in [-0.39, 0.29) is 12.4 Å². The Morgan fingerprint density at radius 1 is 1.00 bits per heavy atom. The Kier molecular flexibility index (Phi) is 9.54. The zero-order chi connectivity index (χ0) is 13.1. The van der Waals surface area contributed by atoms with Gasteiger partial charge < -0.3 is 14.2 Å². The predicted octanol–water partition coefficient (Wildman–Crippen LogP) is 3.91. The van der Waals surface area contributed by atoms with Crippen LogP contribution in [0.1, 0.15) is 65.2 Å². The Balaban J connectivity index is 1.88. The van der Waals surface area contributed by atoms with Crippen LogP contribution in [0.2, 0.25) is 0 Å². The quantitative estimate of drug-likeness (QED) is 0.526. The van der Waals surface area contributed by atoms with Crippen LogP contribution >= 0.6 is 0 Å². The van der Waals surface area contributed by atoms with Gasteiger partial charge in [-0.25, -0.2) is 0 Å². The molecule has 0 radical (unpaired) electrons. The van der Waals surface area contributed by atoms with Crippen LogP contribution in [-0.4, -0.2) is 32.2 Å². The topological polar surface area (TPSA) is 27.7 Å². The Hall–Kier alpha value is -0.120. The number of unbranched alkanes of at least 4 members (excludes halogenated alkanes) is 6. The van der Waals surface area contributed by atoms with Crippen molar-refractivity contribution in [2.45, 2.75) is 77.6 Å². The van der Waals surface area contributed by atoms with Crippen LogP contribution in [0, 0.1) is 0 Å². The first-order valence-corrected chi connectivity index (χ1v) is 7.71. The summed E-state index contributed by atoms with van der Waals surface area (Å²) in [4.78, 5) is 0. The Morgan fingerprint density at radius 3 is 2.44 bits per heavy atom. The molecule has 1 heterocycles. The molecule has 2 unspecified atom stereocenters. The third-order valence-corrected chi connectivity index (χ3v) is 3.36. The van der Waals surface area contributed by atoms with E-state index in [9.17, 15) is 0 Å². The average Bonchev–Trinajstić information content (AvgIpc) is 2.83. The molecular formula is C15H30O3. The molecule has 0 aromatic carbocycles. The van der Waals surface area contributed by atoms with Gasteiger partial charge in [0.2, 0.25) is 0 Å². The van der Waals surface area contributed by atoms with E-state index in [2.05, 4.69) is 6.92 Å². The average molecular weight is 258 g/mol. The smallest absolute Gasteiger partial charge is 0.158 e. The highest BCUT2D eigenvalue weighted by molar-refractivity contribution is 4.64.